The average molecular weight is 524 g/mol. The number of likely N-dealkylation sites (N-methyl/N-ethyl adjacent to an activating group) is 1. The second-order valence-electron chi connectivity index (χ2n) is 9.12. The third-order valence-electron chi connectivity index (χ3n) is 4.82. The van der Waals surface area contributed by atoms with E-state index in [0.717, 1.165) is 32.1 Å². The fraction of sp³-hybridized carbons (Fsp3) is 0.696. The van der Waals surface area contributed by atoms with Crippen LogP contribution in [0.15, 0.2) is 18.2 Å². The molecule has 12 heteroatoms. The molecule has 0 aliphatic heterocycles. The van der Waals surface area contributed by atoms with Crippen molar-refractivity contribution in [2.45, 2.75) is 51.0 Å². The van der Waals surface area contributed by atoms with E-state index in [1.54, 1.807) is 20.3 Å². The zero-order valence-electron chi connectivity index (χ0n) is 21.5. The zero-order valence-corrected chi connectivity index (χ0v) is 22.4. The monoisotopic (exact) mass is 523 g/mol. The maximum absolute atomic E-state index is 12.2. The Kier molecular flexibility index (Phi) is 15.8. The number of carbonyl (C=O) groups is 1. The van der Waals surface area contributed by atoms with Crippen molar-refractivity contribution in [2.24, 2.45) is 0 Å². The van der Waals surface area contributed by atoms with Crippen LogP contribution in [0.4, 0.5) is 0 Å². The molecule has 11 nitrogen and oxygen atoms in total. The normalized spacial score (nSPS) is 13.9. The standard InChI is InChI=1S/C23H40NO9P.H2O/c1-24(2,3)18-22(17-23(25)26)33-34(27,28)32-13-11-9-7-6-8-10-12-31-21-15-19(29-4)14-20(16-21)30-5;/h14-16,22H,6-13,17-18H2,1-5H3,(H-,25,26,27,28);1H2/t22-;/m1./s1. The van der Waals surface area contributed by atoms with Gasteiger partial charge in [0.05, 0.1) is 55.0 Å². The Labute approximate surface area is 208 Å². The van der Waals surface area contributed by atoms with Gasteiger partial charge in [0, 0.05) is 18.2 Å². The van der Waals surface area contributed by atoms with Crippen molar-refractivity contribution >= 4 is 13.8 Å². The van der Waals surface area contributed by atoms with Crippen LogP contribution in [0.2, 0.25) is 0 Å². The third-order valence-corrected chi connectivity index (χ3v) is 5.90. The van der Waals surface area contributed by atoms with E-state index in [2.05, 4.69) is 0 Å². The first kappa shape index (κ1) is 33.1. The van der Waals surface area contributed by atoms with Crippen molar-refractivity contribution in [1.82, 2.24) is 0 Å². The number of aliphatic carboxylic acids is 1. The van der Waals surface area contributed by atoms with Crippen LogP contribution in [0.25, 0.3) is 0 Å². The lowest BCUT2D eigenvalue weighted by molar-refractivity contribution is -0.873. The van der Waals surface area contributed by atoms with Gasteiger partial charge < -0.3 is 34.2 Å². The van der Waals surface area contributed by atoms with E-state index in [0.29, 0.717) is 34.8 Å². The summed E-state index contributed by atoms with van der Waals surface area (Å²) in [7, 11) is 4.43. The number of hydrogen-bond acceptors (Lipinski definition) is 8. The van der Waals surface area contributed by atoms with Crippen LogP contribution in [0.3, 0.4) is 0 Å². The topological polar surface area (TPSA) is 151 Å². The highest BCUT2D eigenvalue weighted by Crippen LogP contribution is 2.45. The Morgan fingerprint density at radius 1 is 0.914 bits per heavy atom. The van der Waals surface area contributed by atoms with E-state index in [4.69, 9.17) is 28.4 Å². The van der Waals surface area contributed by atoms with Gasteiger partial charge in [0.1, 0.15) is 29.9 Å². The Morgan fingerprint density at radius 3 is 1.89 bits per heavy atom. The molecule has 0 bridgehead atoms. The molecule has 0 amide bonds. The largest absolute Gasteiger partial charge is 0.870 e. The van der Waals surface area contributed by atoms with Crippen LogP contribution in [-0.4, -0.2) is 87.2 Å². The molecular formula is C23H42NO10P. The van der Waals surface area contributed by atoms with Gasteiger partial charge in [0.15, 0.2) is 0 Å². The molecule has 3 N–H and O–H groups in total. The number of hydrogen-bond donors (Lipinski definition) is 2. The maximum Gasteiger partial charge on any atom is 0.472 e. The number of phosphoric acid groups is 1. The summed E-state index contributed by atoms with van der Waals surface area (Å²) in [5.74, 6) is 0.975. The predicted molar refractivity (Wildman–Crippen MR) is 130 cm³/mol. The molecule has 0 aliphatic carbocycles. The molecule has 0 aliphatic rings. The minimum absolute atomic E-state index is 0. The second-order valence-corrected chi connectivity index (χ2v) is 10.5. The van der Waals surface area contributed by atoms with Gasteiger partial charge in [-0.3, -0.25) is 13.8 Å². The molecule has 0 saturated heterocycles. The summed E-state index contributed by atoms with van der Waals surface area (Å²) in [5.41, 5.74) is 0. The maximum atomic E-state index is 12.2. The Morgan fingerprint density at radius 2 is 1.40 bits per heavy atom. The molecule has 2 atom stereocenters. The van der Waals surface area contributed by atoms with E-state index in [-0.39, 0.29) is 25.0 Å². The summed E-state index contributed by atoms with van der Waals surface area (Å²) in [5, 5.41) is 9.01. The molecule has 0 saturated carbocycles. The quantitative estimate of drug-likeness (QED) is 0.155. The fourth-order valence-corrected chi connectivity index (χ4v) is 4.24. The summed E-state index contributed by atoms with van der Waals surface area (Å²) in [4.78, 5) is 21.0. The summed E-state index contributed by atoms with van der Waals surface area (Å²) in [6, 6.07) is 5.43. The number of nitrogens with zero attached hydrogens (tertiary/aromatic N) is 1. The number of carboxylic acid groups (broad SMARTS) is 1. The van der Waals surface area contributed by atoms with E-state index in [9.17, 15) is 14.3 Å². The molecule has 1 aromatic rings. The van der Waals surface area contributed by atoms with Gasteiger partial charge in [-0.25, -0.2) is 4.57 Å². The molecule has 204 valence electrons. The van der Waals surface area contributed by atoms with Crippen LogP contribution >= 0.6 is 7.82 Å². The summed E-state index contributed by atoms with van der Waals surface area (Å²) in [6.45, 7) is 0.948. The van der Waals surface area contributed by atoms with E-state index >= 15 is 0 Å². The number of rotatable bonds is 19. The molecule has 0 spiro atoms. The second kappa shape index (κ2) is 16.7. The fourth-order valence-electron chi connectivity index (χ4n) is 3.31. The molecule has 1 rings (SSSR count). The van der Waals surface area contributed by atoms with Crippen LogP contribution < -0.4 is 14.2 Å². The van der Waals surface area contributed by atoms with Gasteiger partial charge in [-0.1, -0.05) is 25.7 Å². The van der Waals surface area contributed by atoms with E-state index in [1.807, 2.05) is 33.3 Å². The summed E-state index contributed by atoms with van der Waals surface area (Å²) < 4.78 is 39.0. The molecule has 35 heavy (non-hydrogen) atoms. The van der Waals surface area contributed by atoms with Crippen LogP contribution in [0.5, 0.6) is 17.2 Å². The van der Waals surface area contributed by atoms with Gasteiger partial charge in [0.2, 0.25) is 0 Å². The lowest BCUT2D eigenvalue weighted by Gasteiger charge is -2.29. The molecule has 0 fully saturated rings. The van der Waals surface area contributed by atoms with Crippen LogP contribution in [0.1, 0.15) is 44.9 Å². The van der Waals surface area contributed by atoms with Gasteiger partial charge in [-0.05, 0) is 12.8 Å². The first-order chi connectivity index (χ1) is 15.9. The number of carboxylic acids is 1. The smallest absolute Gasteiger partial charge is 0.472 e. The number of phosphoric ester groups is 1. The van der Waals surface area contributed by atoms with Crippen molar-refractivity contribution in [3.63, 3.8) is 0 Å². The lowest BCUT2D eigenvalue weighted by atomic mass is 10.1. The molecule has 1 aromatic carbocycles. The number of unbranched alkanes of at least 4 members (excludes halogenated alkanes) is 5. The molecule has 0 radical (unpaired) electrons. The van der Waals surface area contributed by atoms with E-state index in [1.165, 1.54) is 0 Å². The van der Waals surface area contributed by atoms with Gasteiger partial charge in [-0.15, -0.1) is 0 Å². The highest BCUT2D eigenvalue weighted by atomic mass is 31.2. The van der Waals surface area contributed by atoms with Gasteiger partial charge >= 0.3 is 13.8 Å². The Balaban J connectivity index is 0.0000116. The number of benzene rings is 1. The van der Waals surface area contributed by atoms with Crippen LogP contribution in [-0.2, 0) is 18.4 Å². The molecule has 0 aromatic heterocycles. The highest BCUT2D eigenvalue weighted by molar-refractivity contribution is 7.47. The first-order valence-electron chi connectivity index (χ1n) is 11.5. The zero-order chi connectivity index (χ0) is 25.6. The van der Waals surface area contributed by atoms with Gasteiger partial charge in [-0.2, -0.15) is 0 Å². The third kappa shape index (κ3) is 16.4. The van der Waals surface area contributed by atoms with Crippen LogP contribution in [0, 0.1) is 0 Å². The summed E-state index contributed by atoms with van der Waals surface area (Å²) in [6.07, 6.45) is 4.10. The van der Waals surface area contributed by atoms with Crippen molar-refractivity contribution < 1.29 is 52.6 Å². The number of ether oxygens (including phenoxy) is 3. The van der Waals surface area contributed by atoms with E-state index < -0.39 is 19.9 Å². The minimum Gasteiger partial charge on any atom is -0.870 e. The number of methoxy groups -OCH3 is 2. The van der Waals surface area contributed by atoms with Crippen molar-refractivity contribution in [1.29, 1.82) is 0 Å². The Bertz CT molecular complexity index is 762. The Hall–Kier alpha value is -1.88. The highest BCUT2D eigenvalue weighted by Gasteiger charge is 2.31. The van der Waals surface area contributed by atoms with Gasteiger partial charge in [0.25, 0.3) is 0 Å². The average Bonchev–Trinajstić information content (AvgIpc) is 2.72. The molecular weight excluding hydrogens is 481 g/mol. The van der Waals surface area contributed by atoms with Crippen molar-refractivity contribution in [2.75, 3.05) is 55.1 Å². The summed E-state index contributed by atoms with van der Waals surface area (Å²) >= 11 is 0. The van der Waals surface area contributed by atoms with Crippen molar-refractivity contribution in [3.05, 3.63) is 18.2 Å². The molecule has 0 heterocycles. The van der Waals surface area contributed by atoms with Crippen molar-refractivity contribution in [3.8, 4) is 17.2 Å². The predicted octanol–water partition coefficient (Wildman–Crippen LogP) is 3.93. The minimum atomic E-state index is -4.31. The first-order valence-corrected chi connectivity index (χ1v) is 13.0. The lowest BCUT2D eigenvalue weighted by Crippen LogP contribution is -2.42. The number of quaternary nitrogens is 1. The SMILES string of the molecule is COc1cc(OC)cc(OCCCCCCCCOP(=O)(O)O[C@H](CC(=O)O)C[N+](C)(C)C)c1.[OH-]. The molecule has 1 unspecified atom stereocenters.